The lowest BCUT2D eigenvalue weighted by Crippen LogP contribution is -2.42. The van der Waals surface area contributed by atoms with Gasteiger partial charge in [0.2, 0.25) is 5.91 Å². The molecule has 2 fully saturated rings. The highest BCUT2D eigenvalue weighted by Crippen LogP contribution is 2.34. The smallest absolute Gasteiger partial charge is 0.226 e. The summed E-state index contributed by atoms with van der Waals surface area (Å²) in [5.41, 5.74) is 7.24. The van der Waals surface area contributed by atoms with Crippen LogP contribution in [0.15, 0.2) is 30.3 Å². The molecule has 0 bridgehead atoms. The number of likely N-dealkylation sites (tertiary alicyclic amines) is 1. The maximum Gasteiger partial charge on any atom is 0.226 e. The van der Waals surface area contributed by atoms with E-state index < -0.39 is 0 Å². The molecule has 1 amide bonds. The van der Waals surface area contributed by atoms with Gasteiger partial charge in [0.25, 0.3) is 0 Å². The van der Waals surface area contributed by atoms with Crippen LogP contribution in [0.2, 0.25) is 0 Å². The number of amides is 1. The topological polar surface area (TPSA) is 46.3 Å². The third-order valence-electron chi connectivity index (χ3n) is 5.55. The molecule has 1 unspecified atom stereocenters. The van der Waals surface area contributed by atoms with Crippen LogP contribution in [-0.4, -0.2) is 29.9 Å². The maximum atomic E-state index is 12.9. The molecule has 0 aromatic heterocycles. The highest BCUT2D eigenvalue weighted by molar-refractivity contribution is 5.80. The average molecular weight is 300 g/mol. The fraction of sp³-hybridized carbons (Fsp3) is 0.632. The molecule has 22 heavy (non-hydrogen) atoms. The minimum Gasteiger partial charge on any atom is -0.339 e. The molecular formula is C19H28N2O. The molecule has 1 aromatic rings. The van der Waals surface area contributed by atoms with E-state index in [4.69, 9.17) is 5.73 Å². The van der Waals surface area contributed by atoms with Gasteiger partial charge in [-0.05, 0) is 56.6 Å². The Balaban J connectivity index is 1.59. The first kappa shape index (κ1) is 15.5. The first-order valence-corrected chi connectivity index (χ1v) is 8.84. The van der Waals surface area contributed by atoms with E-state index in [0.29, 0.717) is 24.4 Å². The van der Waals surface area contributed by atoms with Crippen LogP contribution in [0.3, 0.4) is 0 Å². The van der Waals surface area contributed by atoms with Crippen molar-refractivity contribution in [2.75, 3.05) is 13.1 Å². The van der Waals surface area contributed by atoms with Crippen molar-refractivity contribution < 1.29 is 4.79 Å². The number of hydrogen-bond donors (Lipinski definition) is 1. The molecule has 3 atom stereocenters. The molecule has 3 rings (SSSR count). The van der Waals surface area contributed by atoms with Gasteiger partial charge in [0.1, 0.15) is 0 Å². The summed E-state index contributed by atoms with van der Waals surface area (Å²) in [6.07, 6.45) is 7.83. The van der Waals surface area contributed by atoms with Gasteiger partial charge in [0.05, 0.1) is 0 Å². The quantitative estimate of drug-likeness (QED) is 0.908. The molecule has 3 nitrogen and oxygen atoms in total. The molecule has 1 aromatic carbocycles. The van der Waals surface area contributed by atoms with Crippen LogP contribution in [0, 0.1) is 11.8 Å². The summed E-state index contributed by atoms with van der Waals surface area (Å²) >= 11 is 0. The molecule has 1 saturated carbocycles. The Labute approximate surface area is 133 Å². The lowest BCUT2D eigenvalue weighted by atomic mass is 9.94. The standard InChI is InChI=1S/C19H28N2O/c20-14-16-8-4-10-18(16)19(22)21-13-5-9-17(21)12-11-15-6-2-1-3-7-15/h1-3,6-7,16-18H,4-5,8-14,20H2/t16-,17?,18-/m1/s1. The third-order valence-corrected chi connectivity index (χ3v) is 5.55. The largest absolute Gasteiger partial charge is 0.339 e. The molecule has 2 aliphatic rings. The van der Waals surface area contributed by atoms with Crippen molar-refractivity contribution in [1.82, 2.24) is 4.90 Å². The number of rotatable bonds is 5. The number of hydrogen-bond acceptors (Lipinski definition) is 2. The van der Waals surface area contributed by atoms with Gasteiger partial charge in [0.15, 0.2) is 0 Å². The second kappa shape index (κ2) is 7.28. The minimum absolute atomic E-state index is 0.197. The van der Waals surface area contributed by atoms with Crippen molar-refractivity contribution in [3.63, 3.8) is 0 Å². The summed E-state index contributed by atoms with van der Waals surface area (Å²) in [7, 11) is 0. The van der Waals surface area contributed by atoms with Crippen LogP contribution in [0.25, 0.3) is 0 Å². The molecule has 0 radical (unpaired) electrons. The Morgan fingerprint density at radius 1 is 1.14 bits per heavy atom. The summed E-state index contributed by atoms with van der Waals surface area (Å²) < 4.78 is 0. The summed E-state index contributed by atoms with van der Waals surface area (Å²) in [5, 5.41) is 0. The summed E-state index contributed by atoms with van der Waals surface area (Å²) in [5.74, 6) is 1.01. The number of nitrogens with zero attached hydrogens (tertiary/aromatic N) is 1. The zero-order chi connectivity index (χ0) is 15.4. The van der Waals surface area contributed by atoms with Crippen LogP contribution < -0.4 is 5.73 Å². The zero-order valence-electron chi connectivity index (χ0n) is 13.4. The van der Waals surface area contributed by atoms with E-state index in [2.05, 4.69) is 35.2 Å². The second-order valence-electron chi connectivity index (χ2n) is 6.89. The maximum absolute atomic E-state index is 12.9. The molecule has 2 N–H and O–H groups in total. The SMILES string of the molecule is NC[C@H]1CCC[C@H]1C(=O)N1CCCC1CCc1ccccc1. The van der Waals surface area contributed by atoms with Gasteiger partial charge in [-0.2, -0.15) is 0 Å². The predicted octanol–water partition coefficient (Wildman–Crippen LogP) is 2.99. The number of benzene rings is 1. The summed E-state index contributed by atoms with van der Waals surface area (Å²) in [6, 6.07) is 11.0. The molecule has 3 heteroatoms. The van der Waals surface area contributed by atoms with Gasteiger partial charge in [0, 0.05) is 18.5 Å². The Morgan fingerprint density at radius 3 is 2.73 bits per heavy atom. The minimum atomic E-state index is 0.197. The van der Waals surface area contributed by atoms with E-state index in [1.165, 1.54) is 18.4 Å². The average Bonchev–Trinajstić information content (AvgIpc) is 3.22. The highest BCUT2D eigenvalue weighted by atomic mass is 16.2. The van der Waals surface area contributed by atoms with Crippen LogP contribution in [0.1, 0.15) is 44.1 Å². The summed E-state index contributed by atoms with van der Waals surface area (Å²) in [6.45, 7) is 1.62. The van der Waals surface area contributed by atoms with Crippen molar-refractivity contribution in [2.45, 2.75) is 51.0 Å². The number of aryl methyl sites for hydroxylation is 1. The second-order valence-corrected chi connectivity index (χ2v) is 6.89. The molecule has 1 saturated heterocycles. The zero-order valence-corrected chi connectivity index (χ0v) is 13.4. The fourth-order valence-electron chi connectivity index (χ4n) is 4.26. The van der Waals surface area contributed by atoms with Gasteiger partial charge in [-0.15, -0.1) is 0 Å². The van der Waals surface area contributed by atoms with E-state index in [1.807, 2.05) is 0 Å². The summed E-state index contributed by atoms with van der Waals surface area (Å²) in [4.78, 5) is 15.1. The molecule has 120 valence electrons. The molecule has 0 spiro atoms. The van der Waals surface area contributed by atoms with E-state index in [1.54, 1.807) is 0 Å². The van der Waals surface area contributed by atoms with E-state index >= 15 is 0 Å². The van der Waals surface area contributed by atoms with Gasteiger partial charge in [-0.25, -0.2) is 0 Å². The van der Waals surface area contributed by atoms with Crippen LogP contribution in [0.5, 0.6) is 0 Å². The monoisotopic (exact) mass is 300 g/mol. The van der Waals surface area contributed by atoms with Crippen molar-refractivity contribution in [3.05, 3.63) is 35.9 Å². The Morgan fingerprint density at radius 2 is 1.95 bits per heavy atom. The van der Waals surface area contributed by atoms with Crippen LogP contribution in [0.4, 0.5) is 0 Å². The van der Waals surface area contributed by atoms with E-state index in [0.717, 1.165) is 38.6 Å². The molecule has 1 aliphatic heterocycles. The van der Waals surface area contributed by atoms with E-state index in [9.17, 15) is 4.79 Å². The van der Waals surface area contributed by atoms with Gasteiger partial charge < -0.3 is 10.6 Å². The first-order chi connectivity index (χ1) is 10.8. The Hall–Kier alpha value is -1.35. The lowest BCUT2D eigenvalue weighted by Gasteiger charge is -2.29. The van der Waals surface area contributed by atoms with E-state index in [-0.39, 0.29) is 5.92 Å². The number of nitrogens with two attached hydrogens (primary N) is 1. The Bertz CT molecular complexity index is 487. The lowest BCUT2D eigenvalue weighted by molar-refractivity contribution is -0.137. The van der Waals surface area contributed by atoms with Gasteiger partial charge in [-0.1, -0.05) is 36.8 Å². The number of carbonyl (C=O) groups is 1. The predicted molar refractivity (Wildman–Crippen MR) is 89.4 cm³/mol. The van der Waals surface area contributed by atoms with Crippen LogP contribution in [-0.2, 0) is 11.2 Å². The normalized spacial score (nSPS) is 28.2. The van der Waals surface area contributed by atoms with Crippen LogP contribution >= 0.6 is 0 Å². The molecule has 1 heterocycles. The first-order valence-electron chi connectivity index (χ1n) is 8.84. The van der Waals surface area contributed by atoms with Gasteiger partial charge in [-0.3, -0.25) is 4.79 Å². The molecular weight excluding hydrogens is 272 g/mol. The van der Waals surface area contributed by atoms with Gasteiger partial charge >= 0.3 is 0 Å². The fourth-order valence-corrected chi connectivity index (χ4v) is 4.26. The van der Waals surface area contributed by atoms with Crippen molar-refractivity contribution in [1.29, 1.82) is 0 Å². The third kappa shape index (κ3) is 3.35. The highest BCUT2D eigenvalue weighted by Gasteiger charge is 2.38. The van der Waals surface area contributed by atoms with Crippen molar-refractivity contribution >= 4 is 5.91 Å². The van der Waals surface area contributed by atoms with Crippen molar-refractivity contribution in [3.8, 4) is 0 Å². The molecule has 1 aliphatic carbocycles. The Kier molecular flexibility index (Phi) is 5.14. The number of carbonyl (C=O) groups excluding carboxylic acids is 1. The van der Waals surface area contributed by atoms with Crippen molar-refractivity contribution in [2.24, 2.45) is 17.6 Å².